The summed E-state index contributed by atoms with van der Waals surface area (Å²) in [6.07, 6.45) is 1.03. The second kappa shape index (κ2) is 9.47. The number of aromatic amines is 1. The van der Waals surface area contributed by atoms with Crippen LogP contribution in [-0.4, -0.2) is 34.9 Å². The summed E-state index contributed by atoms with van der Waals surface area (Å²) in [4.78, 5) is 40.3. The molecule has 162 valence electrons. The fourth-order valence-electron chi connectivity index (χ4n) is 3.51. The van der Waals surface area contributed by atoms with Gasteiger partial charge in [-0.2, -0.15) is 0 Å². The Morgan fingerprint density at radius 1 is 1.03 bits per heavy atom. The fraction of sp³-hybridized carbons (Fsp3) is 0.292. The number of ether oxygens (including phenoxy) is 1. The van der Waals surface area contributed by atoms with Crippen molar-refractivity contribution in [3.05, 3.63) is 65.4 Å². The molecule has 3 aromatic rings. The van der Waals surface area contributed by atoms with Crippen molar-refractivity contribution in [2.24, 2.45) is 0 Å². The first-order chi connectivity index (χ1) is 14.8. The van der Waals surface area contributed by atoms with Gasteiger partial charge >= 0.3 is 5.97 Å². The summed E-state index contributed by atoms with van der Waals surface area (Å²) >= 11 is 0. The number of H-pyrrole nitrogens is 1. The van der Waals surface area contributed by atoms with Crippen LogP contribution in [0, 0.1) is 13.8 Å². The first kappa shape index (κ1) is 22.1. The summed E-state index contributed by atoms with van der Waals surface area (Å²) in [5, 5.41) is 6.42. The van der Waals surface area contributed by atoms with Crippen LogP contribution in [-0.2, 0) is 25.5 Å². The molecule has 0 saturated carbocycles. The summed E-state index contributed by atoms with van der Waals surface area (Å²) in [5.74, 6) is -1.45. The molecule has 7 heteroatoms. The Bertz CT molecular complexity index is 1100. The molecule has 7 nitrogen and oxygen atoms in total. The third kappa shape index (κ3) is 5.31. The van der Waals surface area contributed by atoms with Gasteiger partial charge in [-0.15, -0.1) is 0 Å². The van der Waals surface area contributed by atoms with E-state index in [4.69, 9.17) is 4.74 Å². The number of hydrogen-bond acceptors (Lipinski definition) is 4. The van der Waals surface area contributed by atoms with Gasteiger partial charge in [0.1, 0.15) is 6.04 Å². The number of para-hydroxylation sites is 2. The molecule has 0 fully saturated rings. The van der Waals surface area contributed by atoms with Crippen LogP contribution in [0.2, 0.25) is 0 Å². The van der Waals surface area contributed by atoms with Crippen molar-refractivity contribution in [2.45, 2.75) is 46.3 Å². The van der Waals surface area contributed by atoms with Crippen LogP contribution in [0.4, 0.5) is 5.69 Å². The molecule has 31 heavy (non-hydrogen) atoms. The quantitative estimate of drug-likeness (QED) is 0.509. The van der Waals surface area contributed by atoms with Gasteiger partial charge in [0.2, 0.25) is 5.91 Å². The Morgan fingerprint density at radius 3 is 2.39 bits per heavy atom. The molecule has 0 spiro atoms. The van der Waals surface area contributed by atoms with E-state index >= 15 is 0 Å². The minimum atomic E-state index is -1.02. The highest BCUT2D eigenvalue weighted by molar-refractivity contribution is 5.97. The predicted octanol–water partition coefficient (Wildman–Crippen LogP) is 3.40. The summed E-state index contributed by atoms with van der Waals surface area (Å²) in [7, 11) is 0. The Hall–Kier alpha value is -3.61. The number of carbonyl (C=O) groups excluding carboxylic acids is 3. The van der Waals surface area contributed by atoms with Gasteiger partial charge in [0.05, 0.1) is 0 Å². The molecule has 3 rings (SSSR count). The van der Waals surface area contributed by atoms with Gasteiger partial charge in [-0.3, -0.25) is 9.59 Å². The molecule has 2 aromatic carbocycles. The normalized spacial score (nSPS) is 12.8. The molecule has 2 atom stereocenters. The number of hydrogen-bond donors (Lipinski definition) is 3. The zero-order chi connectivity index (χ0) is 22.5. The van der Waals surface area contributed by atoms with E-state index in [0.29, 0.717) is 5.69 Å². The van der Waals surface area contributed by atoms with Crippen molar-refractivity contribution in [2.75, 3.05) is 5.32 Å². The van der Waals surface area contributed by atoms with Gasteiger partial charge < -0.3 is 20.4 Å². The Balaban J connectivity index is 1.71. The van der Waals surface area contributed by atoms with Crippen LogP contribution >= 0.6 is 0 Å². The molecule has 0 radical (unpaired) electrons. The number of anilines is 1. The summed E-state index contributed by atoms with van der Waals surface area (Å²) in [5.41, 5.74) is 4.35. The topological polar surface area (TPSA) is 100 Å². The zero-order valence-electron chi connectivity index (χ0n) is 18.1. The SMILES string of the molecule is CC(=O)N[C@@H](Cc1c[nH]c2ccccc12)C(=O)O[C@H](C)C(=O)Nc1c(C)cccc1C. The van der Waals surface area contributed by atoms with E-state index in [9.17, 15) is 14.4 Å². The fourth-order valence-corrected chi connectivity index (χ4v) is 3.51. The van der Waals surface area contributed by atoms with Gasteiger partial charge in [-0.05, 0) is 43.5 Å². The van der Waals surface area contributed by atoms with E-state index < -0.39 is 24.0 Å². The highest BCUT2D eigenvalue weighted by atomic mass is 16.5. The van der Waals surface area contributed by atoms with Gasteiger partial charge in [-0.1, -0.05) is 36.4 Å². The number of nitrogens with one attached hydrogen (secondary N) is 3. The smallest absolute Gasteiger partial charge is 0.329 e. The molecule has 0 aliphatic heterocycles. The highest BCUT2D eigenvalue weighted by Gasteiger charge is 2.27. The Morgan fingerprint density at radius 2 is 1.71 bits per heavy atom. The number of rotatable bonds is 7. The molecular weight excluding hydrogens is 394 g/mol. The summed E-state index contributed by atoms with van der Waals surface area (Å²) in [6.45, 7) is 6.64. The van der Waals surface area contributed by atoms with Gasteiger partial charge in [-0.25, -0.2) is 4.79 Å². The average Bonchev–Trinajstić information content (AvgIpc) is 3.12. The van der Waals surface area contributed by atoms with Crippen LogP contribution in [0.5, 0.6) is 0 Å². The lowest BCUT2D eigenvalue weighted by Crippen LogP contribution is -2.44. The van der Waals surface area contributed by atoms with Crippen molar-refractivity contribution in [3.63, 3.8) is 0 Å². The molecule has 0 aliphatic rings. The number of esters is 1. The monoisotopic (exact) mass is 421 g/mol. The molecule has 1 aromatic heterocycles. The minimum Gasteiger partial charge on any atom is -0.451 e. The first-order valence-corrected chi connectivity index (χ1v) is 10.2. The molecular formula is C24H27N3O4. The van der Waals surface area contributed by atoms with Gasteiger partial charge in [0.25, 0.3) is 5.91 Å². The van der Waals surface area contributed by atoms with E-state index in [1.807, 2.05) is 62.5 Å². The molecule has 0 aliphatic carbocycles. The van der Waals surface area contributed by atoms with E-state index in [2.05, 4.69) is 15.6 Å². The number of aromatic nitrogens is 1. The lowest BCUT2D eigenvalue weighted by atomic mass is 10.0. The van der Waals surface area contributed by atoms with Crippen LogP contribution in [0.25, 0.3) is 10.9 Å². The van der Waals surface area contributed by atoms with Crippen molar-refractivity contribution in [1.29, 1.82) is 0 Å². The number of carbonyl (C=O) groups is 3. The van der Waals surface area contributed by atoms with Crippen molar-refractivity contribution in [3.8, 4) is 0 Å². The van der Waals surface area contributed by atoms with E-state index in [0.717, 1.165) is 27.6 Å². The van der Waals surface area contributed by atoms with Crippen molar-refractivity contribution in [1.82, 2.24) is 10.3 Å². The molecule has 0 unspecified atom stereocenters. The van der Waals surface area contributed by atoms with Crippen molar-refractivity contribution < 1.29 is 19.1 Å². The first-order valence-electron chi connectivity index (χ1n) is 10.2. The molecule has 1 heterocycles. The molecule has 0 saturated heterocycles. The van der Waals surface area contributed by atoms with E-state index in [1.165, 1.54) is 13.8 Å². The highest BCUT2D eigenvalue weighted by Crippen LogP contribution is 2.21. The maximum Gasteiger partial charge on any atom is 0.329 e. The maximum atomic E-state index is 12.8. The third-order valence-corrected chi connectivity index (χ3v) is 5.15. The number of amides is 2. The number of benzene rings is 2. The summed E-state index contributed by atoms with van der Waals surface area (Å²) < 4.78 is 5.41. The Kier molecular flexibility index (Phi) is 6.74. The summed E-state index contributed by atoms with van der Waals surface area (Å²) in [6, 6.07) is 12.5. The maximum absolute atomic E-state index is 12.8. The second-order valence-corrected chi connectivity index (χ2v) is 7.65. The standard InChI is InChI=1S/C24H27N3O4/c1-14-8-7-9-15(2)22(14)27-23(29)16(3)31-24(30)21(26-17(4)28)12-18-13-25-20-11-6-5-10-19(18)20/h5-11,13,16,21,25H,12H2,1-4H3,(H,26,28)(H,27,29)/t16-,21+/m1/s1. The minimum absolute atomic E-state index is 0.244. The Labute approximate surface area is 181 Å². The zero-order valence-corrected chi connectivity index (χ0v) is 18.1. The third-order valence-electron chi connectivity index (χ3n) is 5.15. The van der Waals surface area contributed by atoms with E-state index in [1.54, 1.807) is 0 Å². The van der Waals surface area contributed by atoms with Crippen molar-refractivity contribution >= 4 is 34.4 Å². The molecule has 2 amide bonds. The predicted molar refractivity (Wildman–Crippen MR) is 120 cm³/mol. The molecule has 0 bridgehead atoms. The van der Waals surface area contributed by atoms with Crippen LogP contribution in [0.3, 0.4) is 0 Å². The second-order valence-electron chi connectivity index (χ2n) is 7.65. The average molecular weight is 421 g/mol. The largest absolute Gasteiger partial charge is 0.451 e. The molecule has 3 N–H and O–H groups in total. The lowest BCUT2D eigenvalue weighted by molar-refractivity contribution is -0.156. The van der Waals surface area contributed by atoms with Gasteiger partial charge in [0.15, 0.2) is 6.10 Å². The van der Waals surface area contributed by atoms with Crippen LogP contribution in [0.15, 0.2) is 48.7 Å². The lowest BCUT2D eigenvalue weighted by Gasteiger charge is -2.20. The number of fused-ring (bicyclic) bond motifs is 1. The number of aryl methyl sites for hydroxylation is 2. The van der Waals surface area contributed by atoms with Crippen LogP contribution in [0.1, 0.15) is 30.5 Å². The van der Waals surface area contributed by atoms with Gasteiger partial charge in [0, 0.05) is 36.1 Å². The van der Waals surface area contributed by atoms with E-state index in [-0.39, 0.29) is 12.3 Å². The van der Waals surface area contributed by atoms with Crippen LogP contribution < -0.4 is 10.6 Å².